The number of benzene rings is 1. The number of pyridine rings is 1. The topological polar surface area (TPSA) is 34.1 Å². The molecular weight excluding hydrogens is 224 g/mol. The van der Waals surface area contributed by atoms with Crippen LogP contribution in [0.15, 0.2) is 36.4 Å². The predicted octanol–water partition coefficient (Wildman–Crippen LogP) is 2.50. The molecule has 2 aromatic rings. The summed E-state index contributed by atoms with van der Waals surface area (Å²) < 4.78 is 5.89. The Labute approximate surface area is 107 Å². The van der Waals surface area contributed by atoms with Crippen LogP contribution in [-0.2, 0) is 11.3 Å². The average Bonchev–Trinajstić information content (AvgIpc) is 2.46. The van der Waals surface area contributed by atoms with Gasteiger partial charge in [0, 0.05) is 11.9 Å². The second kappa shape index (κ2) is 5.46. The van der Waals surface area contributed by atoms with Crippen molar-refractivity contribution in [3.05, 3.63) is 42.1 Å². The van der Waals surface area contributed by atoms with Crippen LogP contribution in [-0.4, -0.2) is 24.2 Å². The lowest BCUT2D eigenvalue weighted by atomic mass is 10.1. The molecule has 1 atom stereocenters. The molecule has 1 aliphatic rings. The van der Waals surface area contributed by atoms with Gasteiger partial charge in [0.05, 0.1) is 23.9 Å². The maximum Gasteiger partial charge on any atom is 0.0892 e. The second-order valence-corrected chi connectivity index (χ2v) is 4.77. The van der Waals surface area contributed by atoms with Gasteiger partial charge in [-0.2, -0.15) is 0 Å². The normalized spacial score (nSPS) is 20.1. The lowest BCUT2D eigenvalue weighted by Crippen LogP contribution is -2.35. The highest BCUT2D eigenvalue weighted by Gasteiger charge is 2.13. The number of fused-ring (bicyclic) bond motifs is 1. The van der Waals surface area contributed by atoms with E-state index >= 15 is 0 Å². The lowest BCUT2D eigenvalue weighted by molar-refractivity contribution is 0.0237. The van der Waals surface area contributed by atoms with E-state index in [2.05, 4.69) is 28.5 Å². The zero-order valence-electron chi connectivity index (χ0n) is 10.4. The fraction of sp³-hybridized carbons (Fsp3) is 0.400. The third-order valence-corrected chi connectivity index (χ3v) is 3.37. The molecule has 1 N–H and O–H groups in total. The Hall–Kier alpha value is -1.45. The van der Waals surface area contributed by atoms with Crippen LogP contribution in [0.5, 0.6) is 0 Å². The molecule has 1 aliphatic heterocycles. The number of nitrogens with zero attached hydrogens (tertiary/aromatic N) is 1. The van der Waals surface area contributed by atoms with Crippen molar-refractivity contribution in [3.8, 4) is 0 Å². The van der Waals surface area contributed by atoms with Crippen molar-refractivity contribution < 1.29 is 4.74 Å². The molecule has 1 saturated heterocycles. The van der Waals surface area contributed by atoms with Crippen molar-refractivity contribution in [1.29, 1.82) is 0 Å². The minimum atomic E-state index is 0.340. The van der Waals surface area contributed by atoms with Gasteiger partial charge in [-0.3, -0.25) is 4.98 Å². The van der Waals surface area contributed by atoms with E-state index in [-0.39, 0.29) is 0 Å². The average molecular weight is 242 g/mol. The number of aromatic nitrogens is 1. The first-order valence-electron chi connectivity index (χ1n) is 6.59. The molecule has 0 radical (unpaired) electrons. The predicted molar refractivity (Wildman–Crippen MR) is 72.4 cm³/mol. The molecule has 0 amide bonds. The van der Waals surface area contributed by atoms with Crippen molar-refractivity contribution in [3.63, 3.8) is 0 Å². The molecular formula is C15H18N2O. The van der Waals surface area contributed by atoms with E-state index in [0.717, 1.165) is 30.7 Å². The first kappa shape index (κ1) is 11.6. The summed E-state index contributed by atoms with van der Waals surface area (Å²) in [6, 6.07) is 12.3. The Kier molecular flexibility index (Phi) is 3.53. The lowest BCUT2D eigenvalue weighted by Gasteiger charge is -2.22. The number of ether oxygens (including phenoxy) is 1. The van der Waals surface area contributed by atoms with Gasteiger partial charge in [0.2, 0.25) is 0 Å². The van der Waals surface area contributed by atoms with Crippen LogP contribution in [0, 0.1) is 0 Å². The molecule has 94 valence electrons. The first-order valence-corrected chi connectivity index (χ1v) is 6.59. The molecule has 3 heteroatoms. The van der Waals surface area contributed by atoms with Gasteiger partial charge in [0.15, 0.2) is 0 Å². The van der Waals surface area contributed by atoms with Gasteiger partial charge in [-0.15, -0.1) is 0 Å². The third kappa shape index (κ3) is 2.68. The third-order valence-electron chi connectivity index (χ3n) is 3.37. The number of para-hydroxylation sites is 1. The fourth-order valence-electron chi connectivity index (χ4n) is 2.35. The summed E-state index contributed by atoms with van der Waals surface area (Å²) in [6.07, 6.45) is 2.70. The molecule has 1 aromatic carbocycles. The minimum Gasteiger partial charge on any atom is -0.371 e. The van der Waals surface area contributed by atoms with Gasteiger partial charge in [-0.1, -0.05) is 24.3 Å². The van der Waals surface area contributed by atoms with Crippen LogP contribution >= 0.6 is 0 Å². The van der Waals surface area contributed by atoms with E-state index in [0.29, 0.717) is 12.7 Å². The van der Waals surface area contributed by atoms with Crippen molar-refractivity contribution in [2.45, 2.75) is 25.6 Å². The van der Waals surface area contributed by atoms with Crippen molar-refractivity contribution in [2.75, 3.05) is 13.1 Å². The molecule has 18 heavy (non-hydrogen) atoms. The monoisotopic (exact) mass is 242 g/mol. The van der Waals surface area contributed by atoms with Crippen LogP contribution in [0.4, 0.5) is 0 Å². The summed E-state index contributed by atoms with van der Waals surface area (Å²) in [5, 5.41) is 4.54. The largest absolute Gasteiger partial charge is 0.371 e. The Balaban J connectivity index is 1.66. The minimum absolute atomic E-state index is 0.340. The summed E-state index contributed by atoms with van der Waals surface area (Å²) in [4.78, 5) is 4.61. The zero-order chi connectivity index (χ0) is 12.2. The van der Waals surface area contributed by atoms with Crippen molar-refractivity contribution in [2.24, 2.45) is 0 Å². The van der Waals surface area contributed by atoms with Gasteiger partial charge in [-0.05, 0) is 31.5 Å². The Morgan fingerprint density at radius 3 is 3.06 bits per heavy atom. The van der Waals surface area contributed by atoms with Gasteiger partial charge >= 0.3 is 0 Å². The molecule has 3 nitrogen and oxygen atoms in total. The van der Waals surface area contributed by atoms with E-state index in [4.69, 9.17) is 4.74 Å². The highest BCUT2D eigenvalue weighted by atomic mass is 16.5. The van der Waals surface area contributed by atoms with E-state index in [1.165, 1.54) is 11.8 Å². The van der Waals surface area contributed by atoms with Gasteiger partial charge < -0.3 is 10.1 Å². The Bertz CT molecular complexity index is 521. The molecule has 0 saturated carbocycles. The van der Waals surface area contributed by atoms with Crippen LogP contribution in [0.2, 0.25) is 0 Å². The molecule has 1 unspecified atom stereocenters. The maximum atomic E-state index is 5.89. The first-order chi connectivity index (χ1) is 8.92. The number of rotatable bonds is 3. The summed E-state index contributed by atoms with van der Waals surface area (Å²) in [5.74, 6) is 0. The summed E-state index contributed by atoms with van der Waals surface area (Å²) in [6.45, 7) is 2.69. The maximum absolute atomic E-state index is 5.89. The van der Waals surface area contributed by atoms with Gasteiger partial charge in [-0.25, -0.2) is 0 Å². The number of nitrogens with one attached hydrogen (secondary N) is 1. The van der Waals surface area contributed by atoms with E-state index in [9.17, 15) is 0 Å². The molecule has 0 bridgehead atoms. The summed E-state index contributed by atoms with van der Waals surface area (Å²) in [7, 11) is 0. The molecule has 3 rings (SSSR count). The van der Waals surface area contributed by atoms with E-state index in [1.807, 2.05) is 18.2 Å². The standard InChI is InChI=1S/C15H18N2O/c1-2-6-15-12(4-1)7-8-13(17-15)11-18-14-5-3-9-16-10-14/h1-2,4,6-8,14,16H,3,5,9-11H2. The summed E-state index contributed by atoms with van der Waals surface area (Å²) in [5.41, 5.74) is 2.06. The Morgan fingerprint density at radius 1 is 1.22 bits per heavy atom. The van der Waals surface area contributed by atoms with Gasteiger partial charge in [0.25, 0.3) is 0 Å². The number of hydrogen-bond donors (Lipinski definition) is 1. The highest BCUT2D eigenvalue weighted by molar-refractivity contribution is 5.78. The zero-order valence-corrected chi connectivity index (χ0v) is 10.4. The smallest absolute Gasteiger partial charge is 0.0892 e. The van der Waals surface area contributed by atoms with Crippen molar-refractivity contribution >= 4 is 10.9 Å². The van der Waals surface area contributed by atoms with Crippen LogP contribution < -0.4 is 5.32 Å². The van der Waals surface area contributed by atoms with E-state index < -0.39 is 0 Å². The fourth-order valence-corrected chi connectivity index (χ4v) is 2.35. The number of piperidine rings is 1. The number of hydrogen-bond acceptors (Lipinski definition) is 3. The SMILES string of the molecule is c1ccc2nc(COC3CCCNC3)ccc2c1. The molecule has 0 spiro atoms. The highest BCUT2D eigenvalue weighted by Crippen LogP contribution is 2.14. The second-order valence-electron chi connectivity index (χ2n) is 4.77. The molecule has 0 aliphatic carbocycles. The van der Waals surface area contributed by atoms with Crippen LogP contribution in [0.1, 0.15) is 18.5 Å². The summed E-state index contributed by atoms with van der Waals surface area (Å²) >= 11 is 0. The molecule has 2 heterocycles. The molecule has 1 aromatic heterocycles. The van der Waals surface area contributed by atoms with Crippen LogP contribution in [0.25, 0.3) is 10.9 Å². The molecule has 1 fully saturated rings. The van der Waals surface area contributed by atoms with E-state index in [1.54, 1.807) is 0 Å². The van der Waals surface area contributed by atoms with Crippen molar-refractivity contribution in [1.82, 2.24) is 10.3 Å². The van der Waals surface area contributed by atoms with Crippen LogP contribution in [0.3, 0.4) is 0 Å². The van der Waals surface area contributed by atoms with Gasteiger partial charge in [0.1, 0.15) is 0 Å². The Morgan fingerprint density at radius 2 is 2.17 bits per heavy atom. The quantitative estimate of drug-likeness (QED) is 0.898.